The van der Waals surface area contributed by atoms with Gasteiger partial charge >= 0.3 is 0 Å². The molecule has 14 heavy (non-hydrogen) atoms. The molecule has 2 N–H and O–H groups in total. The van der Waals surface area contributed by atoms with Crippen LogP contribution in [0.25, 0.3) is 0 Å². The number of nitrogens with zero attached hydrogens (tertiary/aromatic N) is 1. The molecule has 1 saturated carbocycles. The fraction of sp³-hybridized carbons (Fsp3) is 0.700. The van der Waals surface area contributed by atoms with Gasteiger partial charge in [0.1, 0.15) is 0 Å². The first-order chi connectivity index (χ1) is 6.64. The molecule has 0 saturated heterocycles. The molecule has 0 amide bonds. The SMILES string of the molecule is COc1ncc(C2(C)CCC(N)C2)s1. The number of hydrogen-bond acceptors (Lipinski definition) is 4. The topological polar surface area (TPSA) is 48.1 Å². The zero-order valence-electron chi connectivity index (χ0n) is 8.62. The Morgan fingerprint density at radius 2 is 2.50 bits per heavy atom. The molecule has 1 aliphatic rings. The molecular formula is C10H16N2OS. The summed E-state index contributed by atoms with van der Waals surface area (Å²) in [4.78, 5) is 5.51. The summed E-state index contributed by atoms with van der Waals surface area (Å²) in [7, 11) is 1.66. The maximum Gasteiger partial charge on any atom is 0.273 e. The normalized spacial score (nSPS) is 32.1. The zero-order chi connectivity index (χ0) is 10.2. The van der Waals surface area contributed by atoms with E-state index in [1.165, 1.54) is 11.3 Å². The van der Waals surface area contributed by atoms with Gasteiger partial charge in [0.15, 0.2) is 0 Å². The van der Waals surface area contributed by atoms with Crippen LogP contribution in [0.3, 0.4) is 0 Å². The van der Waals surface area contributed by atoms with Gasteiger partial charge in [-0.2, -0.15) is 0 Å². The van der Waals surface area contributed by atoms with Gasteiger partial charge in [0, 0.05) is 22.5 Å². The molecule has 1 aromatic rings. The third-order valence-electron chi connectivity index (χ3n) is 3.03. The van der Waals surface area contributed by atoms with Crippen LogP contribution in [-0.2, 0) is 5.41 Å². The van der Waals surface area contributed by atoms with Gasteiger partial charge in [0.2, 0.25) is 0 Å². The van der Waals surface area contributed by atoms with Crippen molar-refractivity contribution in [3.05, 3.63) is 11.1 Å². The van der Waals surface area contributed by atoms with Crippen molar-refractivity contribution in [2.45, 2.75) is 37.6 Å². The summed E-state index contributed by atoms with van der Waals surface area (Å²) in [6.07, 6.45) is 5.29. The fourth-order valence-electron chi connectivity index (χ4n) is 2.14. The average molecular weight is 212 g/mol. The van der Waals surface area contributed by atoms with Gasteiger partial charge in [-0.15, -0.1) is 0 Å². The van der Waals surface area contributed by atoms with E-state index in [9.17, 15) is 0 Å². The summed E-state index contributed by atoms with van der Waals surface area (Å²) < 4.78 is 5.10. The van der Waals surface area contributed by atoms with Gasteiger partial charge in [-0.3, -0.25) is 0 Å². The minimum atomic E-state index is 0.230. The van der Waals surface area contributed by atoms with Gasteiger partial charge in [0.25, 0.3) is 5.19 Å². The van der Waals surface area contributed by atoms with E-state index in [-0.39, 0.29) is 5.41 Å². The van der Waals surface area contributed by atoms with E-state index < -0.39 is 0 Å². The molecule has 0 spiro atoms. The van der Waals surface area contributed by atoms with E-state index in [0.29, 0.717) is 6.04 Å². The van der Waals surface area contributed by atoms with Crippen LogP contribution in [0.5, 0.6) is 5.19 Å². The molecule has 1 aliphatic carbocycles. The zero-order valence-corrected chi connectivity index (χ0v) is 9.43. The van der Waals surface area contributed by atoms with Crippen molar-refractivity contribution in [1.82, 2.24) is 4.98 Å². The van der Waals surface area contributed by atoms with Crippen molar-refractivity contribution < 1.29 is 4.74 Å². The van der Waals surface area contributed by atoms with Crippen LogP contribution in [0.2, 0.25) is 0 Å². The predicted molar refractivity (Wildman–Crippen MR) is 57.8 cm³/mol. The third kappa shape index (κ3) is 1.64. The van der Waals surface area contributed by atoms with Crippen molar-refractivity contribution >= 4 is 11.3 Å². The summed E-state index contributed by atoms with van der Waals surface area (Å²) in [5.74, 6) is 0. The first kappa shape index (κ1) is 9.93. The smallest absolute Gasteiger partial charge is 0.273 e. The molecule has 2 atom stereocenters. The van der Waals surface area contributed by atoms with E-state index in [4.69, 9.17) is 10.5 Å². The molecule has 4 heteroatoms. The second-order valence-electron chi connectivity index (χ2n) is 4.26. The van der Waals surface area contributed by atoms with E-state index in [1.54, 1.807) is 18.4 Å². The summed E-state index contributed by atoms with van der Waals surface area (Å²) in [6.45, 7) is 2.27. The van der Waals surface area contributed by atoms with Gasteiger partial charge in [-0.1, -0.05) is 18.3 Å². The maximum atomic E-state index is 5.94. The number of ether oxygens (including phenoxy) is 1. The lowest BCUT2D eigenvalue weighted by atomic mass is 9.87. The third-order valence-corrected chi connectivity index (χ3v) is 4.30. The number of rotatable bonds is 2. The number of thiazole rings is 1. The van der Waals surface area contributed by atoms with Crippen LogP contribution >= 0.6 is 11.3 Å². The number of methoxy groups -OCH3 is 1. The molecular weight excluding hydrogens is 196 g/mol. The van der Waals surface area contributed by atoms with Crippen LogP contribution in [-0.4, -0.2) is 18.1 Å². The standard InChI is InChI=1S/C10H16N2OS/c1-10(4-3-7(11)5-10)8-6-12-9(13-2)14-8/h6-7H,3-5,11H2,1-2H3. The lowest BCUT2D eigenvalue weighted by molar-refractivity contribution is 0.412. The summed E-state index contributed by atoms with van der Waals surface area (Å²) in [5, 5.41) is 0.752. The molecule has 1 heterocycles. The van der Waals surface area contributed by atoms with Crippen molar-refractivity contribution in [3.63, 3.8) is 0 Å². The van der Waals surface area contributed by atoms with Crippen LogP contribution in [0.15, 0.2) is 6.20 Å². The van der Waals surface area contributed by atoms with Gasteiger partial charge in [0.05, 0.1) is 7.11 Å². The number of nitrogens with two attached hydrogens (primary N) is 1. The highest BCUT2D eigenvalue weighted by Gasteiger charge is 2.36. The first-order valence-corrected chi connectivity index (χ1v) is 5.71. The first-order valence-electron chi connectivity index (χ1n) is 4.90. The predicted octanol–water partition coefficient (Wildman–Crippen LogP) is 1.92. The highest BCUT2D eigenvalue weighted by Crippen LogP contribution is 2.43. The molecule has 0 radical (unpaired) electrons. The fourth-order valence-corrected chi connectivity index (χ4v) is 3.06. The molecule has 3 nitrogen and oxygen atoms in total. The van der Waals surface area contributed by atoms with Crippen LogP contribution in [0.1, 0.15) is 31.1 Å². The minimum Gasteiger partial charge on any atom is -0.473 e. The van der Waals surface area contributed by atoms with Gasteiger partial charge in [-0.05, 0) is 19.3 Å². The average Bonchev–Trinajstić information content (AvgIpc) is 2.73. The Labute approximate surface area is 88.3 Å². The Morgan fingerprint density at radius 1 is 1.71 bits per heavy atom. The molecule has 2 rings (SSSR count). The lowest BCUT2D eigenvalue weighted by Crippen LogP contribution is -2.21. The Bertz CT molecular complexity index is 326. The molecule has 0 aromatic carbocycles. The summed E-state index contributed by atoms with van der Waals surface area (Å²) in [6, 6.07) is 0.355. The largest absolute Gasteiger partial charge is 0.473 e. The second kappa shape index (κ2) is 3.51. The van der Waals surface area contributed by atoms with Crippen molar-refractivity contribution in [3.8, 4) is 5.19 Å². The summed E-state index contributed by atoms with van der Waals surface area (Å²) in [5.41, 5.74) is 6.17. The maximum absolute atomic E-state index is 5.94. The molecule has 78 valence electrons. The van der Waals surface area contributed by atoms with Crippen molar-refractivity contribution in [2.24, 2.45) is 5.73 Å². The van der Waals surface area contributed by atoms with Crippen LogP contribution in [0.4, 0.5) is 0 Å². The molecule has 1 fully saturated rings. The highest BCUT2D eigenvalue weighted by atomic mass is 32.1. The second-order valence-corrected chi connectivity index (χ2v) is 5.25. The quantitative estimate of drug-likeness (QED) is 0.814. The van der Waals surface area contributed by atoms with E-state index in [1.807, 2.05) is 6.20 Å². The van der Waals surface area contributed by atoms with Crippen molar-refractivity contribution in [2.75, 3.05) is 7.11 Å². The Kier molecular flexibility index (Phi) is 2.49. The Hall–Kier alpha value is -0.610. The molecule has 2 unspecified atom stereocenters. The Morgan fingerprint density at radius 3 is 3.00 bits per heavy atom. The summed E-state index contributed by atoms with van der Waals surface area (Å²) >= 11 is 1.64. The van der Waals surface area contributed by atoms with E-state index >= 15 is 0 Å². The van der Waals surface area contributed by atoms with Crippen LogP contribution in [0, 0.1) is 0 Å². The van der Waals surface area contributed by atoms with Crippen LogP contribution < -0.4 is 10.5 Å². The monoisotopic (exact) mass is 212 g/mol. The molecule has 0 aliphatic heterocycles. The number of aromatic nitrogens is 1. The lowest BCUT2D eigenvalue weighted by Gasteiger charge is -2.21. The Balaban J connectivity index is 2.21. The van der Waals surface area contributed by atoms with Gasteiger partial charge in [-0.25, -0.2) is 4.98 Å². The van der Waals surface area contributed by atoms with Crippen molar-refractivity contribution in [1.29, 1.82) is 0 Å². The van der Waals surface area contributed by atoms with E-state index in [0.717, 1.165) is 18.0 Å². The minimum absolute atomic E-state index is 0.230. The van der Waals surface area contributed by atoms with Gasteiger partial charge < -0.3 is 10.5 Å². The van der Waals surface area contributed by atoms with E-state index in [2.05, 4.69) is 11.9 Å². The highest BCUT2D eigenvalue weighted by molar-refractivity contribution is 7.13. The number of hydrogen-bond donors (Lipinski definition) is 1. The molecule has 0 bridgehead atoms. The molecule has 1 aromatic heterocycles.